The highest BCUT2D eigenvalue weighted by Crippen LogP contribution is 2.37. The zero-order chi connectivity index (χ0) is 6.04. The van der Waals surface area contributed by atoms with Gasteiger partial charge in [-0.1, -0.05) is 36.8 Å². The summed E-state index contributed by atoms with van der Waals surface area (Å²) in [5.74, 6) is 0. The Kier molecular flexibility index (Phi) is 1.43. The smallest absolute Gasteiger partial charge is 0.00681 e. The highest BCUT2D eigenvalue weighted by Gasteiger charge is 2.25. The first-order valence-electron chi connectivity index (χ1n) is 2.72. The number of hydrogen-bond donors (Lipinski definition) is 0. The second-order valence-electron chi connectivity index (χ2n) is 2.40. The van der Waals surface area contributed by atoms with Crippen LogP contribution in [-0.2, 0) is 0 Å². The quantitative estimate of drug-likeness (QED) is 0.502. The third kappa shape index (κ3) is 1.38. The molecule has 1 aliphatic rings. The molecule has 1 rings (SSSR count). The Morgan fingerprint density at radius 2 is 2.25 bits per heavy atom. The third-order valence-electron chi connectivity index (χ3n) is 1.38. The minimum absolute atomic E-state index is 0.380. The van der Waals surface area contributed by atoms with Gasteiger partial charge in [0.05, 0.1) is 0 Å². The second kappa shape index (κ2) is 1.94. The Bertz CT molecular complexity index is 127. The maximum Gasteiger partial charge on any atom is 0.00681 e. The monoisotopic (exact) mass is 128 g/mol. The Balaban J connectivity index is 2.21. The molecular formula is C7H9Cl. The van der Waals surface area contributed by atoms with E-state index in [1.807, 2.05) is 6.08 Å². The van der Waals surface area contributed by atoms with E-state index in [1.54, 1.807) is 5.54 Å². The third-order valence-corrected chi connectivity index (χ3v) is 1.56. The Morgan fingerprint density at radius 1 is 1.62 bits per heavy atom. The van der Waals surface area contributed by atoms with Crippen molar-refractivity contribution >= 4 is 11.6 Å². The maximum atomic E-state index is 5.33. The summed E-state index contributed by atoms with van der Waals surface area (Å²) in [6, 6.07) is 0. The van der Waals surface area contributed by atoms with Crippen molar-refractivity contribution in [3.05, 3.63) is 23.8 Å². The van der Waals surface area contributed by atoms with Gasteiger partial charge in [0, 0.05) is 11.0 Å². The number of hydrogen-bond acceptors (Lipinski definition) is 0. The van der Waals surface area contributed by atoms with Gasteiger partial charge in [-0.2, -0.15) is 0 Å². The minimum Gasteiger partial charge on any atom is -0.0933 e. The molecule has 1 aliphatic carbocycles. The maximum absolute atomic E-state index is 5.33. The van der Waals surface area contributed by atoms with Gasteiger partial charge in [-0.3, -0.25) is 0 Å². The zero-order valence-corrected chi connectivity index (χ0v) is 5.65. The largest absolute Gasteiger partial charge is 0.0933 e. The van der Waals surface area contributed by atoms with E-state index in [0.717, 1.165) is 6.42 Å². The lowest BCUT2D eigenvalue weighted by molar-refractivity contribution is 0.655. The van der Waals surface area contributed by atoms with Gasteiger partial charge in [-0.05, 0) is 6.42 Å². The summed E-state index contributed by atoms with van der Waals surface area (Å²) in [5, 5.41) is 0. The molecule has 0 fully saturated rings. The van der Waals surface area contributed by atoms with Crippen LogP contribution in [0.25, 0.3) is 0 Å². The number of allylic oxidation sites excluding steroid dienone is 3. The molecule has 44 valence electrons. The predicted octanol–water partition coefficient (Wildman–Crippen LogP) is 2.71. The lowest BCUT2D eigenvalue weighted by Crippen LogP contribution is -1.89. The van der Waals surface area contributed by atoms with E-state index in [0.29, 0.717) is 5.41 Å². The summed E-state index contributed by atoms with van der Waals surface area (Å²) >= 11 is 5.33. The fraction of sp³-hybridized carbons (Fsp3) is 0.429. The van der Waals surface area contributed by atoms with Gasteiger partial charge in [0.1, 0.15) is 0 Å². The van der Waals surface area contributed by atoms with E-state index in [-0.39, 0.29) is 0 Å². The minimum atomic E-state index is 0.380. The van der Waals surface area contributed by atoms with Crippen molar-refractivity contribution < 1.29 is 0 Å². The topological polar surface area (TPSA) is 0 Å². The lowest BCUT2D eigenvalue weighted by atomic mass is 10.0. The molecule has 0 N–H and O–H groups in total. The second-order valence-corrected chi connectivity index (χ2v) is 2.66. The Morgan fingerprint density at radius 3 is 2.62 bits per heavy atom. The van der Waals surface area contributed by atoms with Crippen LogP contribution < -0.4 is 0 Å². The average Bonchev–Trinajstić information content (AvgIpc) is 2.45. The van der Waals surface area contributed by atoms with E-state index < -0.39 is 0 Å². The summed E-state index contributed by atoms with van der Waals surface area (Å²) in [4.78, 5) is 0. The summed E-state index contributed by atoms with van der Waals surface area (Å²) in [5.41, 5.74) is 1.96. The average molecular weight is 129 g/mol. The molecule has 0 aromatic rings. The molecule has 0 heterocycles. The SMILES string of the molecule is CC1(C/C=C/Cl)C=C1. The van der Waals surface area contributed by atoms with Gasteiger partial charge >= 0.3 is 0 Å². The molecule has 0 atom stereocenters. The van der Waals surface area contributed by atoms with Crippen molar-refractivity contribution in [2.75, 3.05) is 0 Å². The van der Waals surface area contributed by atoms with Gasteiger partial charge in [-0.15, -0.1) is 0 Å². The van der Waals surface area contributed by atoms with Crippen LogP contribution in [0.15, 0.2) is 23.8 Å². The molecule has 0 bridgehead atoms. The van der Waals surface area contributed by atoms with E-state index in [9.17, 15) is 0 Å². The van der Waals surface area contributed by atoms with Crippen LogP contribution in [-0.4, -0.2) is 0 Å². The summed E-state index contributed by atoms with van der Waals surface area (Å²) in [6.45, 7) is 2.18. The highest BCUT2D eigenvalue weighted by atomic mass is 35.5. The first-order valence-corrected chi connectivity index (χ1v) is 3.16. The van der Waals surface area contributed by atoms with Gasteiger partial charge in [0.2, 0.25) is 0 Å². The molecule has 0 aromatic heterocycles. The van der Waals surface area contributed by atoms with Gasteiger partial charge in [-0.25, -0.2) is 0 Å². The van der Waals surface area contributed by atoms with Crippen molar-refractivity contribution in [3.8, 4) is 0 Å². The number of rotatable bonds is 2. The van der Waals surface area contributed by atoms with Crippen LogP contribution >= 0.6 is 11.6 Å². The standard InChI is InChI=1S/C7H9Cl/c1-7(4-5-7)3-2-6-8/h2,4-6H,3H2,1H3/b6-2+. The molecule has 0 radical (unpaired) electrons. The van der Waals surface area contributed by atoms with Crippen molar-refractivity contribution in [2.45, 2.75) is 13.3 Å². The molecule has 0 unspecified atom stereocenters. The van der Waals surface area contributed by atoms with Crippen LogP contribution in [0.4, 0.5) is 0 Å². The lowest BCUT2D eigenvalue weighted by Gasteiger charge is -2.00. The van der Waals surface area contributed by atoms with E-state index in [4.69, 9.17) is 11.6 Å². The molecular weight excluding hydrogens is 120 g/mol. The molecule has 0 aliphatic heterocycles. The summed E-state index contributed by atoms with van der Waals surface area (Å²) < 4.78 is 0. The molecule has 8 heavy (non-hydrogen) atoms. The van der Waals surface area contributed by atoms with Crippen LogP contribution in [0, 0.1) is 5.41 Å². The molecule has 0 saturated heterocycles. The zero-order valence-electron chi connectivity index (χ0n) is 4.89. The molecule has 0 aromatic carbocycles. The van der Waals surface area contributed by atoms with Gasteiger partial charge < -0.3 is 0 Å². The summed E-state index contributed by atoms with van der Waals surface area (Å²) in [6.07, 6.45) is 7.39. The van der Waals surface area contributed by atoms with Crippen LogP contribution in [0.2, 0.25) is 0 Å². The van der Waals surface area contributed by atoms with Crippen molar-refractivity contribution in [2.24, 2.45) is 5.41 Å². The van der Waals surface area contributed by atoms with Crippen molar-refractivity contribution in [3.63, 3.8) is 0 Å². The fourth-order valence-corrected chi connectivity index (χ4v) is 0.666. The van der Waals surface area contributed by atoms with E-state index >= 15 is 0 Å². The van der Waals surface area contributed by atoms with Crippen molar-refractivity contribution in [1.82, 2.24) is 0 Å². The molecule has 1 heteroatoms. The Labute approximate surface area is 54.8 Å². The number of halogens is 1. The van der Waals surface area contributed by atoms with Gasteiger partial charge in [0.25, 0.3) is 0 Å². The van der Waals surface area contributed by atoms with Crippen LogP contribution in [0.1, 0.15) is 13.3 Å². The van der Waals surface area contributed by atoms with Crippen molar-refractivity contribution in [1.29, 1.82) is 0 Å². The molecule has 0 spiro atoms. The van der Waals surface area contributed by atoms with Crippen LogP contribution in [0.3, 0.4) is 0 Å². The summed E-state index contributed by atoms with van der Waals surface area (Å²) in [7, 11) is 0. The fourth-order valence-electron chi connectivity index (χ4n) is 0.577. The van der Waals surface area contributed by atoms with E-state index in [2.05, 4.69) is 19.1 Å². The predicted molar refractivity (Wildman–Crippen MR) is 36.9 cm³/mol. The highest BCUT2D eigenvalue weighted by molar-refractivity contribution is 6.25. The molecule has 0 nitrogen and oxygen atoms in total. The first-order chi connectivity index (χ1) is 3.77. The van der Waals surface area contributed by atoms with Gasteiger partial charge in [0.15, 0.2) is 0 Å². The van der Waals surface area contributed by atoms with Crippen LogP contribution in [0.5, 0.6) is 0 Å². The molecule has 0 saturated carbocycles. The Hall–Kier alpha value is -0.230. The molecule has 0 amide bonds. The first kappa shape index (κ1) is 5.90. The van der Waals surface area contributed by atoms with E-state index in [1.165, 1.54) is 0 Å². The normalized spacial score (nSPS) is 22.2.